The number of hydrogen-bond acceptors (Lipinski definition) is 3. The molecule has 2 N–H and O–H groups in total. The van der Waals surface area contributed by atoms with E-state index >= 15 is 0 Å². The molecule has 0 bridgehead atoms. The maximum absolute atomic E-state index is 10.8. The van der Waals surface area contributed by atoms with Crippen molar-refractivity contribution < 1.29 is 4.92 Å². The first-order valence-corrected chi connectivity index (χ1v) is 7.22. The van der Waals surface area contributed by atoms with Crippen LogP contribution in [0.5, 0.6) is 0 Å². The van der Waals surface area contributed by atoms with Gasteiger partial charge < -0.3 is 10.6 Å². The van der Waals surface area contributed by atoms with Crippen LogP contribution in [-0.2, 0) is 6.54 Å². The summed E-state index contributed by atoms with van der Waals surface area (Å²) >= 11 is 0. The van der Waals surface area contributed by atoms with E-state index in [0.29, 0.717) is 18.5 Å². The summed E-state index contributed by atoms with van der Waals surface area (Å²) in [5.74, 6) is 1.22. The van der Waals surface area contributed by atoms with Crippen LogP contribution in [0.25, 0.3) is 0 Å². The summed E-state index contributed by atoms with van der Waals surface area (Å²) in [7, 11) is 0. The molecule has 1 rings (SSSR count). The van der Waals surface area contributed by atoms with Crippen LogP contribution in [0, 0.1) is 16.0 Å². The lowest BCUT2D eigenvalue weighted by Gasteiger charge is -2.20. The van der Waals surface area contributed by atoms with Crippen molar-refractivity contribution in [2.24, 2.45) is 10.9 Å². The third kappa shape index (κ3) is 7.06. The van der Waals surface area contributed by atoms with Crippen molar-refractivity contribution in [3.8, 4) is 0 Å². The molecule has 0 saturated heterocycles. The molecule has 1 aromatic carbocycles. The largest absolute Gasteiger partial charge is 0.357 e. The summed E-state index contributed by atoms with van der Waals surface area (Å²) < 4.78 is 0. The van der Waals surface area contributed by atoms with Crippen LogP contribution in [-0.4, -0.2) is 23.5 Å². The Bertz CT molecular complexity index is 506. The summed E-state index contributed by atoms with van der Waals surface area (Å²) in [5, 5.41) is 17.3. The predicted octanol–water partition coefficient (Wildman–Crippen LogP) is 3.31. The second-order valence-corrected chi connectivity index (χ2v) is 5.30. The Kier molecular flexibility index (Phi) is 9.71. The van der Waals surface area contributed by atoms with Crippen LogP contribution in [0.2, 0.25) is 0 Å². The van der Waals surface area contributed by atoms with Gasteiger partial charge in [0.05, 0.1) is 11.5 Å². The standard InChI is InChI=1S/C15H24N4O2.HI/c1-5-16-15(18-12(4)11(2)3)17-10-13-7-6-8-14(9-13)19(20)21;/h6-9,11-12H,5,10H2,1-4H3,(H2,16,17,18);1H. The molecule has 7 heteroatoms. The third-order valence-corrected chi connectivity index (χ3v) is 3.25. The lowest BCUT2D eigenvalue weighted by atomic mass is 10.1. The molecule has 0 spiro atoms. The Morgan fingerprint density at radius 2 is 2.05 bits per heavy atom. The van der Waals surface area contributed by atoms with E-state index in [0.717, 1.165) is 18.1 Å². The number of halogens is 1. The van der Waals surface area contributed by atoms with Crippen LogP contribution in [0.15, 0.2) is 29.3 Å². The molecule has 0 aliphatic rings. The summed E-state index contributed by atoms with van der Waals surface area (Å²) in [6, 6.07) is 6.86. The minimum Gasteiger partial charge on any atom is -0.357 e. The molecule has 0 aromatic heterocycles. The third-order valence-electron chi connectivity index (χ3n) is 3.25. The Balaban J connectivity index is 0.00000441. The van der Waals surface area contributed by atoms with E-state index in [1.54, 1.807) is 12.1 Å². The fraction of sp³-hybridized carbons (Fsp3) is 0.533. The van der Waals surface area contributed by atoms with Gasteiger partial charge in [-0.15, -0.1) is 24.0 Å². The molecule has 1 unspecified atom stereocenters. The van der Waals surface area contributed by atoms with E-state index in [2.05, 4.69) is 36.4 Å². The zero-order valence-electron chi connectivity index (χ0n) is 13.5. The molecule has 1 atom stereocenters. The van der Waals surface area contributed by atoms with Crippen LogP contribution in [0.3, 0.4) is 0 Å². The number of hydrogen-bond donors (Lipinski definition) is 2. The Morgan fingerprint density at radius 1 is 1.36 bits per heavy atom. The predicted molar refractivity (Wildman–Crippen MR) is 101 cm³/mol. The summed E-state index contributed by atoms with van der Waals surface area (Å²) in [6.07, 6.45) is 0. The van der Waals surface area contributed by atoms with Gasteiger partial charge in [-0.05, 0) is 25.3 Å². The number of nitrogens with zero attached hydrogens (tertiary/aromatic N) is 2. The number of nitrogens with one attached hydrogen (secondary N) is 2. The Hall–Kier alpha value is -1.38. The normalized spacial score (nSPS) is 12.5. The molecule has 0 aliphatic carbocycles. The van der Waals surface area contributed by atoms with Gasteiger partial charge >= 0.3 is 0 Å². The molecule has 22 heavy (non-hydrogen) atoms. The van der Waals surface area contributed by atoms with Crippen molar-refractivity contribution in [2.45, 2.75) is 40.3 Å². The van der Waals surface area contributed by atoms with Crippen LogP contribution in [0.1, 0.15) is 33.3 Å². The molecule has 0 saturated carbocycles. The molecule has 6 nitrogen and oxygen atoms in total. The van der Waals surface area contributed by atoms with Crippen molar-refractivity contribution in [1.29, 1.82) is 0 Å². The fourth-order valence-electron chi connectivity index (χ4n) is 1.64. The average Bonchev–Trinajstić information content (AvgIpc) is 2.45. The molecule has 0 radical (unpaired) electrons. The Labute approximate surface area is 149 Å². The monoisotopic (exact) mass is 420 g/mol. The van der Waals surface area contributed by atoms with Gasteiger partial charge in [0.15, 0.2) is 5.96 Å². The van der Waals surface area contributed by atoms with E-state index in [4.69, 9.17) is 0 Å². The van der Waals surface area contributed by atoms with Gasteiger partial charge in [-0.3, -0.25) is 10.1 Å². The molecule has 1 aromatic rings. The van der Waals surface area contributed by atoms with Crippen molar-refractivity contribution in [3.63, 3.8) is 0 Å². The van der Waals surface area contributed by atoms with Gasteiger partial charge in [0.1, 0.15) is 0 Å². The highest BCUT2D eigenvalue weighted by Gasteiger charge is 2.09. The number of guanidine groups is 1. The molecule has 0 aliphatic heterocycles. The number of aliphatic imine (C=N–C) groups is 1. The minimum absolute atomic E-state index is 0. The molecular formula is C15H25IN4O2. The molecule has 0 heterocycles. The quantitative estimate of drug-likeness (QED) is 0.243. The van der Waals surface area contributed by atoms with Gasteiger partial charge in [0.2, 0.25) is 0 Å². The second kappa shape index (κ2) is 10.4. The molecular weight excluding hydrogens is 395 g/mol. The zero-order valence-corrected chi connectivity index (χ0v) is 15.8. The van der Waals surface area contributed by atoms with Gasteiger partial charge in [-0.2, -0.15) is 0 Å². The van der Waals surface area contributed by atoms with Gasteiger partial charge in [-0.25, -0.2) is 4.99 Å². The van der Waals surface area contributed by atoms with E-state index in [1.807, 2.05) is 13.0 Å². The van der Waals surface area contributed by atoms with Crippen LogP contribution >= 0.6 is 24.0 Å². The highest BCUT2D eigenvalue weighted by Crippen LogP contribution is 2.13. The summed E-state index contributed by atoms with van der Waals surface area (Å²) in [4.78, 5) is 14.8. The second-order valence-electron chi connectivity index (χ2n) is 5.30. The van der Waals surface area contributed by atoms with E-state index in [-0.39, 0.29) is 29.7 Å². The molecule has 0 fully saturated rings. The lowest BCUT2D eigenvalue weighted by Crippen LogP contribution is -2.44. The smallest absolute Gasteiger partial charge is 0.269 e. The Morgan fingerprint density at radius 3 is 2.59 bits per heavy atom. The van der Waals surface area contributed by atoms with Crippen LogP contribution in [0.4, 0.5) is 5.69 Å². The maximum Gasteiger partial charge on any atom is 0.269 e. The van der Waals surface area contributed by atoms with Crippen LogP contribution < -0.4 is 10.6 Å². The van der Waals surface area contributed by atoms with Gasteiger partial charge in [-0.1, -0.05) is 26.0 Å². The number of nitro groups is 1. The van der Waals surface area contributed by atoms with E-state index in [9.17, 15) is 10.1 Å². The number of nitro benzene ring substituents is 1. The van der Waals surface area contributed by atoms with Crippen molar-refractivity contribution >= 4 is 35.6 Å². The lowest BCUT2D eigenvalue weighted by molar-refractivity contribution is -0.384. The van der Waals surface area contributed by atoms with Gasteiger partial charge in [0.25, 0.3) is 5.69 Å². The minimum atomic E-state index is -0.391. The number of non-ortho nitro benzene ring substituents is 1. The topological polar surface area (TPSA) is 79.6 Å². The van der Waals surface area contributed by atoms with E-state index < -0.39 is 4.92 Å². The SMILES string of the molecule is CCNC(=NCc1cccc([N+](=O)[O-])c1)NC(C)C(C)C.I. The first-order chi connectivity index (χ1) is 9.93. The fourth-order valence-corrected chi connectivity index (χ4v) is 1.64. The average molecular weight is 420 g/mol. The zero-order chi connectivity index (χ0) is 15.8. The van der Waals surface area contributed by atoms with E-state index in [1.165, 1.54) is 6.07 Å². The van der Waals surface area contributed by atoms with Gasteiger partial charge in [0, 0.05) is 24.7 Å². The highest BCUT2D eigenvalue weighted by atomic mass is 127. The first kappa shape index (κ1) is 20.6. The number of benzene rings is 1. The summed E-state index contributed by atoms with van der Waals surface area (Å²) in [5.41, 5.74) is 0.912. The van der Waals surface area contributed by atoms with Crippen molar-refractivity contribution in [3.05, 3.63) is 39.9 Å². The van der Waals surface area contributed by atoms with Crippen molar-refractivity contribution in [1.82, 2.24) is 10.6 Å². The molecule has 0 amide bonds. The first-order valence-electron chi connectivity index (χ1n) is 7.22. The van der Waals surface area contributed by atoms with Crippen molar-refractivity contribution in [2.75, 3.05) is 6.54 Å². The highest BCUT2D eigenvalue weighted by molar-refractivity contribution is 14.0. The maximum atomic E-state index is 10.8. The number of rotatable bonds is 6. The molecule has 124 valence electrons. The summed E-state index contributed by atoms with van der Waals surface area (Å²) in [6.45, 7) is 9.56.